The van der Waals surface area contributed by atoms with Crippen LogP contribution in [0.5, 0.6) is 0 Å². The summed E-state index contributed by atoms with van der Waals surface area (Å²) in [5, 5.41) is 14.9. The molecule has 32 heavy (non-hydrogen) atoms. The second-order valence-corrected chi connectivity index (χ2v) is 9.57. The van der Waals surface area contributed by atoms with E-state index in [4.69, 9.17) is 9.47 Å². The van der Waals surface area contributed by atoms with Crippen LogP contribution in [0.1, 0.15) is 58.9 Å². The molecule has 8 nitrogen and oxygen atoms in total. The third-order valence-electron chi connectivity index (χ3n) is 5.50. The molecule has 0 heterocycles. The Balaban J connectivity index is 1.96. The van der Waals surface area contributed by atoms with Gasteiger partial charge in [0.25, 0.3) is 0 Å². The van der Waals surface area contributed by atoms with E-state index < -0.39 is 23.8 Å². The van der Waals surface area contributed by atoms with Crippen molar-refractivity contribution in [1.29, 1.82) is 0 Å². The van der Waals surface area contributed by atoms with Crippen LogP contribution in [0.2, 0.25) is 0 Å². The number of carbonyl (C=O) groups excluding carboxylic acids is 2. The van der Waals surface area contributed by atoms with Gasteiger partial charge >= 0.3 is 18.2 Å². The topological polar surface area (TPSA) is 114 Å². The molecule has 3 N–H and O–H groups in total. The lowest BCUT2D eigenvalue weighted by Gasteiger charge is -2.29. The number of carboxylic acid groups (broad SMARTS) is 1. The zero-order chi connectivity index (χ0) is 23.7. The zero-order valence-corrected chi connectivity index (χ0v) is 19.4. The van der Waals surface area contributed by atoms with Gasteiger partial charge in [-0.25, -0.2) is 9.59 Å². The number of aliphatic carboxylic acids is 1. The van der Waals surface area contributed by atoms with Crippen molar-refractivity contribution in [1.82, 2.24) is 10.6 Å². The Morgan fingerprint density at radius 1 is 1.12 bits per heavy atom. The number of nitrogens with one attached hydrogen (secondary N) is 2. The first kappa shape index (κ1) is 25.5. The first-order valence-corrected chi connectivity index (χ1v) is 11.2. The van der Waals surface area contributed by atoms with Crippen molar-refractivity contribution in [3.8, 4) is 0 Å². The van der Waals surface area contributed by atoms with Crippen LogP contribution in [0.4, 0.5) is 9.59 Å². The Labute approximate surface area is 190 Å². The van der Waals surface area contributed by atoms with Crippen LogP contribution >= 0.6 is 0 Å². The lowest BCUT2D eigenvalue weighted by molar-refractivity contribution is -0.138. The molecule has 1 aliphatic rings. The average molecular weight is 449 g/mol. The molecule has 0 aromatic heterocycles. The van der Waals surface area contributed by atoms with Crippen LogP contribution in [-0.2, 0) is 20.9 Å². The monoisotopic (exact) mass is 448 g/mol. The van der Waals surface area contributed by atoms with Gasteiger partial charge in [0.2, 0.25) is 0 Å². The molecular weight excluding hydrogens is 412 g/mol. The molecule has 1 saturated carbocycles. The van der Waals surface area contributed by atoms with Gasteiger partial charge in [-0.1, -0.05) is 30.3 Å². The molecule has 1 fully saturated rings. The van der Waals surface area contributed by atoms with Gasteiger partial charge in [-0.05, 0) is 70.3 Å². The Morgan fingerprint density at radius 2 is 1.78 bits per heavy atom. The largest absolute Gasteiger partial charge is 0.481 e. The summed E-state index contributed by atoms with van der Waals surface area (Å²) < 4.78 is 10.6. The molecule has 3 atom stereocenters. The van der Waals surface area contributed by atoms with Crippen molar-refractivity contribution < 1.29 is 29.0 Å². The van der Waals surface area contributed by atoms with E-state index in [-0.39, 0.29) is 37.5 Å². The number of amides is 2. The normalized spacial score (nSPS) is 16.4. The third-order valence-corrected chi connectivity index (χ3v) is 5.50. The maximum absolute atomic E-state index is 12.2. The maximum atomic E-state index is 12.2. The summed E-state index contributed by atoms with van der Waals surface area (Å²) in [5.41, 5.74) is 0.257. The van der Waals surface area contributed by atoms with Crippen molar-refractivity contribution in [3.05, 3.63) is 35.9 Å². The van der Waals surface area contributed by atoms with Gasteiger partial charge < -0.3 is 25.2 Å². The Hall–Kier alpha value is -2.77. The molecule has 178 valence electrons. The minimum atomic E-state index is -0.830. The average Bonchev–Trinajstić information content (AvgIpc) is 3.52. The highest BCUT2D eigenvalue weighted by atomic mass is 16.6. The fourth-order valence-corrected chi connectivity index (χ4v) is 3.69. The fourth-order valence-electron chi connectivity index (χ4n) is 3.69. The molecule has 0 spiro atoms. The number of benzene rings is 1. The number of hydrogen-bond donors (Lipinski definition) is 3. The standard InChI is InChI=1S/C24H36N2O6/c1-16(26-23(30)32-24(2,3)4)20(12-19(13-21(27)28)18-10-11-18)14-25-22(29)31-15-17-8-6-5-7-9-17/h5-9,16,18-20H,10-15H2,1-4H3,(H,25,29)(H,26,30)(H,27,28). The number of carbonyl (C=O) groups is 3. The van der Waals surface area contributed by atoms with Crippen molar-refractivity contribution in [2.24, 2.45) is 17.8 Å². The molecule has 1 aliphatic carbocycles. The van der Waals surface area contributed by atoms with Crippen LogP contribution in [-0.4, -0.2) is 41.4 Å². The molecule has 0 radical (unpaired) electrons. The second-order valence-electron chi connectivity index (χ2n) is 9.57. The number of alkyl carbamates (subject to hydrolysis) is 2. The summed E-state index contributed by atoms with van der Waals surface area (Å²) in [5.74, 6) is -0.615. The van der Waals surface area contributed by atoms with Gasteiger partial charge in [-0.15, -0.1) is 0 Å². The van der Waals surface area contributed by atoms with Crippen LogP contribution in [0.15, 0.2) is 30.3 Å². The zero-order valence-electron chi connectivity index (χ0n) is 19.4. The third kappa shape index (κ3) is 10.0. The molecule has 2 rings (SSSR count). The van der Waals surface area contributed by atoms with E-state index in [0.717, 1.165) is 18.4 Å². The number of hydrogen-bond acceptors (Lipinski definition) is 5. The summed E-state index contributed by atoms with van der Waals surface area (Å²) >= 11 is 0. The van der Waals surface area contributed by atoms with Crippen molar-refractivity contribution in [3.63, 3.8) is 0 Å². The molecule has 2 amide bonds. The van der Waals surface area contributed by atoms with Gasteiger partial charge in [0.05, 0.1) is 0 Å². The quantitative estimate of drug-likeness (QED) is 0.464. The predicted octanol–water partition coefficient (Wildman–Crippen LogP) is 4.33. The molecule has 3 unspecified atom stereocenters. The van der Waals surface area contributed by atoms with E-state index in [1.54, 1.807) is 20.8 Å². The van der Waals surface area contributed by atoms with Gasteiger partial charge in [-0.3, -0.25) is 4.79 Å². The van der Waals surface area contributed by atoms with Gasteiger partial charge in [0, 0.05) is 19.0 Å². The van der Waals surface area contributed by atoms with Gasteiger partial charge in [0.15, 0.2) is 0 Å². The van der Waals surface area contributed by atoms with E-state index in [2.05, 4.69) is 10.6 Å². The Bertz CT molecular complexity index is 758. The number of carboxylic acids is 1. The highest BCUT2D eigenvalue weighted by Gasteiger charge is 2.36. The minimum absolute atomic E-state index is 0.00234. The first-order chi connectivity index (χ1) is 15.0. The summed E-state index contributed by atoms with van der Waals surface area (Å²) in [6.07, 6.45) is 1.61. The lowest BCUT2D eigenvalue weighted by Crippen LogP contribution is -2.45. The van der Waals surface area contributed by atoms with Crippen molar-refractivity contribution >= 4 is 18.2 Å². The molecule has 8 heteroatoms. The van der Waals surface area contributed by atoms with E-state index in [1.807, 2.05) is 37.3 Å². The summed E-state index contributed by atoms with van der Waals surface area (Å²) in [7, 11) is 0. The smallest absolute Gasteiger partial charge is 0.407 e. The van der Waals surface area contributed by atoms with Crippen LogP contribution in [0.3, 0.4) is 0 Å². The first-order valence-electron chi connectivity index (χ1n) is 11.2. The highest BCUT2D eigenvalue weighted by molar-refractivity contribution is 5.68. The SMILES string of the molecule is CC(NC(=O)OC(C)(C)C)C(CNC(=O)OCc1ccccc1)CC(CC(=O)O)C1CC1. The summed E-state index contributed by atoms with van der Waals surface area (Å²) in [6.45, 7) is 7.62. The molecule has 1 aromatic carbocycles. The minimum Gasteiger partial charge on any atom is -0.481 e. The summed E-state index contributed by atoms with van der Waals surface area (Å²) in [6, 6.07) is 9.05. The van der Waals surface area contributed by atoms with Crippen molar-refractivity contribution in [2.45, 2.75) is 71.6 Å². The summed E-state index contributed by atoms with van der Waals surface area (Å²) in [4.78, 5) is 35.8. The number of rotatable bonds is 11. The van der Waals surface area contributed by atoms with Gasteiger partial charge in [0.1, 0.15) is 12.2 Å². The molecule has 1 aromatic rings. The van der Waals surface area contributed by atoms with E-state index >= 15 is 0 Å². The second kappa shape index (κ2) is 11.7. The maximum Gasteiger partial charge on any atom is 0.407 e. The van der Waals surface area contributed by atoms with Crippen LogP contribution in [0, 0.1) is 17.8 Å². The number of ether oxygens (including phenoxy) is 2. The Morgan fingerprint density at radius 3 is 2.34 bits per heavy atom. The van der Waals surface area contributed by atoms with Crippen LogP contribution < -0.4 is 10.6 Å². The molecular formula is C24H36N2O6. The van der Waals surface area contributed by atoms with Crippen LogP contribution in [0.25, 0.3) is 0 Å². The fraction of sp³-hybridized carbons (Fsp3) is 0.625. The van der Waals surface area contributed by atoms with Gasteiger partial charge in [-0.2, -0.15) is 0 Å². The van der Waals surface area contributed by atoms with Crippen molar-refractivity contribution in [2.75, 3.05) is 6.54 Å². The highest BCUT2D eigenvalue weighted by Crippen LogP contribution is 2.42. The van der Waals surface area contributed by atoms with E-state index in [0.29, 0.717) is 12.3 Å². The molecule has 0 aliphatic heterocycles. The molecule has 0 bridgehead atoms. The predicted molar refractivity (Wildman–Crippen MR) is 120 cm³/mol. The lowest BCUT2D eigenvalue weighted by atomic mass is 9.85. The van der Waals surface area contributed by atoms with E-state index in [1.165, 1.54) is 0 Å². The Kier molecular flexibility index (Phi) is 9.35. The van der Waals surface area contributed by atoms with E-state index in [9.17, 15) is 19.5 Å². The molecule has 0 saturated heterocycles.